The highest BCUT2D eigenvalue weighted by Gasteiger charge is 2.33. The van der Waals surface area contributed by atoms with Crippen LogP contribution in [0.3, 0.4) is 0 Å². The van der Waals surface area contributed by atoms with Gasteiger partial charge in [0, 0.05) is 38.5 Å². The van der Waals surface area contributed by atoms with Crippen molar-refractivity contribution in [2.75, 3.05) is 24.5 Å². The van der Waals surface area contributed by atoms with Crippen LogP contribution in [0, 0.1) is 6.92 Å². The molecule has 3 amide bonds. The molecule has 136 valence electrons. The smallest absolute Gasteiger partial charge is 0.242 e. The van der Waals surface area contributed by atoms with Crippen LogP contribution in [-0.4, -0.2) is 58.1 Å². The summed E-state index contributed by atoms with van der Waals surface area (Å²) in [6.07, 6.45) is 2.62. The van der Waals surface area contributed by atoms with Crippen LogP contribution in [0.1, 0.15) is 38.3 Å². The first kappa shape index (κ1) is 17.4. The molecule has 0 spiro atoms. The Hall–Kier alpha value is -2.38. The van der Waals surface area contributed by atoms with E-state index in [2.05, 4.69) is 10.4 Å². The summed E-state index contributed by atoms with van der Waals surface area (Å²) >= 11 is 0. The summed E-state index contributed by atoms with van der Waals surface area (Å²) in [5, 5.41) is 7.23. The van der Waals surface area contributed by atoms with Gasteiger partial charge in [-0.1, -0.05) is 0 Å². The van der Waals surface area contributed by atoms with E-state index in [9.17, 15) is 14.4 Å². The predicted octanol–water partition coefficient (Wildman–Crippen LogP) is 0.445. The molecule has 8 nitrogen and oxygen atoms in total. The molecule has 1 saturated heterocycles. The number of aromatic nitrogens is 2. The summed E-state index contributed by atoms with van der Waals surface area (Å²) in [4.78, 5) is 39.7. The zero-order valence-electron chi connectivity index (χ0n) is 14.8. The van der Waals surface area contributed by atoms with Crippen LogP contribution in [0.25, 0.3) is 0 Å². The molecule has 2 aliphatic rings. The van der Waals surface area contributed by atoms with Crippen molar-refractivity contribution in [3.8, 4) is 0 Å². The Kier molecular flexibility index (Phi) is 5.06. The fourth-order valence-electron chi connectivity index (χ4n) is 3.44. The van der Waals surface area contributed by atoms with Gasteiger partial charge in [-0.05, 0) is 26.7 Å². The van der Waals surface area contributed by atoms with Crippen LogP contribution in [0.2, 0.25) is 0 Å². The highest BCUT2D eigenvalue weighted by atomic mass is 16.2. The number of anilines is 1. The average molecular weight is 347 g/mol. The van der Waals surface area contributed by atoms with Gasteiger partial charge in [0.2, 0.25) is 17.7 Å². The Morgan fingerprint density at radius 3 is 2.80 bits per heavy atom. The minimum Gasteiger partial charge on any atom is -0.354 e. The lowest BCUT2D eigenvalue weighted by atomic mass is 10.2. The van der Waals surface area contributed by atoms with Gasteiger partial charge in [0.15, 0.2) is 0 Å². The molecule has 0 radical (unpaired) electrons. The summed E-state index contributed by atoms with van der Waals surface area (Å²) in [5.74, 6) is 0.632. The van der Waals surface area contributed by atoms with Gasteiger partial charge in [-0.15, -0.1) is 0 Å². The van der Waals surface area contributed by atoms with Crippen molar-refractivity contribution < 1.29 is 14.4 Å². The largest absolute Gasteiger partial charge is 0.354 e. The second kappa shape index (κ2) is 7.25. The predicted molar refractivity (Wildman–Crippen MR) is 92.0 cm³/mol. The number of amides is 3. The second-order valence-corrected chi connectivity index (χ2v) is 6.69. The molecule has 8 heteroatoms. The Labute approximate surface area is 147 Å². The molecule has 0 unspecified atom stereocenters. The van der Waals surface area contributed by atoms with E-state index >= 15 is 0 Å². The molecule has 1 N–H and O–H groups in total. The number of rotatable bonds is 6. The highest BCUT2D eigenvalue weighted by molar-refractivity contribution is 6.00. The molecule has 0 saturated carbocycles. The SMILES string of the molecule is Cc1cc2n(n1)CCC(=O)N2[C@@H](C)C(=O)NCCCN1CCCC1=O. The maximum absolute atomic E-state index is 12.4. The monoisotopic (exact) mass is 347 g/mol. The molecule has 1 aromatic heterocycles. The Morgan fingerprint density at radius 2 is 2.08 bits per heavy atom. The third-order valence-electron chi connectivity index (χ3n) is 4.78. The van der Waals surface area contributed by atoms with Crippen LogP contribution in [-0.2, 0) is 20.9 Å². The third-order valence-corrected chi connectivity index (χ3v) is 4.78. The van der Waals surface area contributed by atoms with Gasteiger partial charge in [-0.2, -0.15) is 5.10 Å². The van der Waals surface area contributed by atoms with E-state index in [4.69, 9.17) is 0 Å². The molecule has 0 aromatic carbocycles. The molecule has 0 bridgehead atoms. The number of likely N-dealkylation sites (tertiary alicyclic amines) is 1. The summed E-state index contributed by atoms with van der Waals surface area (Å²) < 4.78 is 1.78. The van der Waals surface area contributed by atoms with E-state index in [0.717, 1.165) is 25.1 Å². The van der Waals surface area contributed by atoms with Gasteiger partial charge < -0.3 is 10.2 Å². The molecular formula is C17H25N5O3. The van der Waals surface area contributed by atoms with Crippen LogP contribution in [0.5, 0.6) is 0 Å². The van der Waals surface area contributed by atoms with Crippen molar-refractivity contribution in [2.45, 2.75) is 52.1 Å². The van der Waals surface area contributed by atoms with Crippen molar-refractivity contribution in [3.05, 3.63) is 11.8 Å². The van der Waals surface area contributed by atoms with Crippen LogP contribution in [0.15, 0.2) is 6.07 Å². The summed E-state index contributed by atoms with van der Waals surface area (Å²) in [6, 6.07) is 1.25. The highest BCUT2D eigenvalue weighted by Crippen LogP contribution is 2.24. The number of nitrogens with zero attached hydrogens (tertiary/aromatic N) is 4. The average Bonchev–Trinajstić information content (AvgIpc) is 3.15. The van der Waals surface area contributed by atoms with E-state index in [0.29, 0.717) is 38.3 Å². The zero-order valence-corrected chi connectivity index (χ0v) is 14.8. The Bertz CT molecular complexity index is 684. The summed E-state index contributed by atoms with van der Waals surface area (Å²) in [6.45, 7) is 6.13. The zero-order chi connectivity index (χ0) is 18.0. The fourth-order valence-corrected chi connectivity index (χ4v) is 3.44. The minimum absolute atomic E-state index is 0.0577. The van der Waals surface area contributed by atoms with Gasteiger partial charge >= 0.3 is 0 Å². The lowest BCUT2D eigenvalue weighted by Crippen LogP contribution is -2.51. The Morgan fingerprint density at radius 1 is 1.28 bits per heavy atom. The molecule has 1 aromatic rings. The van der Waals surface area contributed by atoms with Gasteiger partial charge in [0.1, 0.15) is 11.9 Å². The number of fused-ring (bicyclic) bond motifs is 1. The number of hydrogen-bond donors (Lipinski definition) is 1. The molecule has 1 fully saturated rings. The number of carbonyl (C=O) groups is 3. The lowest BCUT2D eigenvalue weighted by Gasteiger charge is -2.32. The van der Waals surface area contributed by atoms with Crippen LogP contribution in [0.4, 0.5) is 5.82 Å². The number of carbonyl (C=O) groups excluding carboxylic acids is 3. The standard InChI is InChI=1S/C17H25N5O3/c1-12-11-14-21(19-12)10-6-16(24)22(14)13(2)17(25)18-7-4-9-20-8-3-5-15(20)23/h11,13H,3-10H2,1-2H3,(H,18,25)/t13-/m0/s1. The topological polar surface area (TPSA) is 87.5 Å². The van der Waals surface area contributed by atoms with E-state index in [1.165, 1.54) is 4.90 Å². The number of aryl methyl sites for hydroxylation is 2. The maximum Gasteiger partial charge on any atom is 0.242 e. The molecule has 2 aliphatic heterocycles. The van der Waals surface area contributed by atoms with E-state index in [1.54, 1.807) is 11.6 Å². The van der Waals surface area contributed by atoms with Gasteiger partial charge in [-0.25, -0.2) is 4.68 Å². The van der Waals surface area contributed by atoms with Crippen molar-refractivity contribution in [3.63, 3.8) is 0 Å². The van der Waals surface area contributed by atoms with Gasteiger partial charge in [0.05, 0.1) is 12.2 Å². The fraction of sp³-hybridized carbons (Fsp3) is 0.647. The number of nitrogens with one attached hydrogen (secondary N) is 1. The minimum atomic E-state index is -0.587. The second-order valence-electron chi connectivity index (χ2n) is 6.69. The van der Waals surface area contributed by atoms with E-state index in [1.807, 2.05) is 17.9 Å². The molecular weight excluding hydrogens is 322 g/mol. The molecule has 0 aliphatic carbocycles. The van der Waals surface area contributed by atoms with E-state index < -0.39 is 6.04 Å². The summed E-state index contributed by atoms with van der Waals surface area (Å²) in [7, 11) is 0. The van der Waals surface area contributed by atoms with Gasteiger partial charge in [-0.3, -0.25) is 19.3 Å². The lowest BCUT2D eigenvalue weighted by molar-refractivity contribution is -0.127. The van der Waals surface area contributed by atoms with Crippen molar-refractivity contribution in [1.29, 1.82) is 0 Å². The van der Waals surface area contributed by atoms with Crippen molar-refractivity contribution in [1.82, 2.24) is 20.0 Å². The molecule has 3 heterocycles. The first-order chi connectivity index (χ1) is 12.0. The third kappa shape index (κ3) is 3.67. The normalized spacial score (nSPS) is 18.5. The van der Waals surface area contributed by atoms with Crippen LogP contribution >= 0.6 is 0 Å². The van der Waals surface area contributed by atoms with E-state index in [-0.39, 0.29) is 17.7 Å². The maximum atomic E-state index is 12.4. The van der Waals surface area contributed by atoms with Crippen LogP contribution < -0.4 is 10.2 Å². The summed E-state index contributed by atoms with van der Waals surface area (Å²) in [5.41, 5.74) is 0.831. The van der Waals surface area contributed by atoms with Gasteiger partial charge in [0.25, 0.3) is 0 Å². The quantitative estimate of drug-likeness (QED) is 0.757. The molecule has 3 rings (SSSR count). The van der Waals surface area contributed by atoms with Crippen molar-refractivity contribution >= 4 is 23.5 Å². The number of hydrogen-bond acceptors (Lipinski definition) is 4. The molecule has 25 heavy (non-hydrogen) atoms. The molecule has 1 atom stereocenters. The van der Waals surface area contributed by atoms with Crippen molar-refractivity contribution in [2.24, 2.45) is 0 Å². The first-order valence-electron chi connectivity index (χ1n) is 8.89. The Balaban J connectivity index is 1.53. The first-order valence-corrected chi connectivity index (χ1v) is 8.89.